The average molecular weight is 284 g/mol. The molecule has 1 aromatic carbocycles. The highest BCUT2D eigenvalue weighted by molar-refractivity contribution is 6.35. The van der Waals surface area contributed by atoms with Crippen LogP contribution in [0.4, 0.5) is 0 Å². The number of aromatic nitrogens is 1. The van der Waals surface area contributed by atoms with E-state index in [0.29, 0.717) is 22.3 Å². The first-order valence-corrected chi connectivity index (χ1v) is 6.05. The Morgan fingerprint density at radius 3 is 2.44 bits per heavy atom. The van der Waals surface area contributed by atoms with E-state index in [1.807, 2.05) is 0 Å². The van der Waals surface area contributed by atoms with Crippen LogP contribution in [0.1, 0.15) is 5.56 Å². The van der Waals surface area contributed by atoms with Crippen molar-refractivity contribution in [2.75, 3.05) is 7.11 Å². The van der Waals surface area contributed by atoms with Gasteiger partial charge >= 0.3 is 0 Å². The molecule has 0 atom stereocenters. The molecule has 0 unspecified atom stereocenters. The van der Waals surface area contributed by atoms with Crippen LogP contribution in [-0.4, -0.2) is 11.7 Å². The molecule has 18 heavy (non-hydrogen) atoms. The molecule has 0 saturated heterocycles. The van der Waals surface area contributed by atoms with Crippen molar-refractivity contribution in [3.8, 4) is 5.75 Å². The van der Waals surface area contributed by atoms with Crippen molar-refractivity contribution in [2.45, 2.75) is 6.54 Å². The fraction of sp³-hybridized carbons (Fsp3) is 0.154. The molecule has 1 aromatic heterocycles. The van der Waals surface area contributed by atoms with E-state index in [-0.39, 0.29) is 5.56 Å². The van der Waals surface area contributed by atoms with Crippen molar-refractivity contribution in [3.05, 3.63) is 62.5 Å². The van der Waals surface area contributed by atoms with Crippen molar-refractivity contribution >= 4 is 23.2 Å². The Hall–Kier alpha value is -1.45. The van der Waals surface area contributed by atoms with Crippen LogP contribution in [0.2, 0.25) is 10.0 Å². The largest absolute Gasteiger partial charge is 0.491 e. The van der Waals surface area contributed by atoms with E-state index in [1.165, 1.54) is 11.7 Å². The third-order valence-electron chi connectivity index (χ3n) is 2.60. The minimum absolute atomic E-state index is 0.212. The summed E-state index contributed by atoms with van der Waals surface area (Å²) in [6.45, 7) is 0.314. The minimum atomic E-state index is -0.212. The van der Waals surface area contributed by atoms with E-state index in [9.17, 15) is 4.79 Å². The smallest absolute Gasteiger partial charge is 0.293 e. The molecule has 2 aromatic rings. The first-order chi connectivity index (χ1) is 8.63. The van der Waals surface area contributed by atoms with E-state index < -0.39 is 0 Å². The number of halogens is 2. The first kappa shape index (κ1) is 13.0. The lowest BCUT2D eigenvalue weighted by Crippen LogP contribution is -2.21. The number of methoxy groups -OCH3 is 1. The molecule has 94 valence electrons. The van der Waals surface area contributed by atoms with Crippen LogP contribution >= 0.6 is 23.2 Å². The SMILES string of the molecule is COc1cccn(Cc2c(Cl)cccc2Cl)c1=O. The second-order valence-corrected chi connectivity index (χ2v) is 4.52. The van der Waals surface area contributed by atoms with Gasteiger partial charge in [-0.25, -0.2) is 0 Å². The topological polar surface area (TPSA) is 31.2 Å². The number of nitrogens with zero attached hydrogens (tertiary/aromatic N) is 1. The summed E-state index contributed by atoms with van der Waals surface area (Å²) in [6, 6.07) is 8.61. The van der Waals surface area contributed by atoms with Gasteiger partial charge in [0.2, 0.25) is 0 Å². The van der Waals surface area contributed by atoms with E-state index in [2.05, 4.69) is 0 Å². The van der Waals surface area contributed by atoms with E-state index in [4.69, 9.17) is 27.9 Å². The number of hydrogen-bond acceptors (Lipinski definition) is 2. The van der Waals surface area contributed by atoms with Gasteiger partial charge in [-0.05, 0) is 24.3 Å². The second-order valence-electron chi connectivity index (χ2n) is 3.71. The maximum Gasteiger partial charge on any atom is 0.293 e. The van der Waals surface area contributed by atoms with Gasteiger partial charge in [0.25, 0.3) is 5.56 Å². The summed E-state index contributed by atoms with van der Waals surface area (Å²) in [5.41, 5.74) is 0.507. The summed E-state index contributed by atoms with van der Waals surface area (Å²) in [6.07, 6.45) is 1.67. The fourth-order valence-corrected chi connectivity index (χ4v) is 2.17. The summed E-state index contributed by atoms with van der Waals surface area (Å²) in [4.78, 5) is 12.0. The van der Waals surface area contributed by atoms with E-state index in [1.54, 1.807) is 36.5 Å². The van der Waals surface area contributed by atoms with Crippen molar-refractivity contribution in [2.24, 2.45) is 0 Å². The third-order valence-corrected chi connectivity index (χ3v) is 3.30. The Bertz CT molecular complexity index is 602. The van der Waals surface area contributed by atoms with Crippen molar-refractivity contribution in [1.82, 2.24) is 4.57 Å². The zero-order valence-corrected chi connectivity index (χ0v) is 11.2. The van der Waals surface area contributed by atoms with Crippen LogP contribution in [-0.2, 0) is 6.54 Å². The number of ether oxygens (including phenoxy) is 1. The third kappa shape index (κ3) is 2.52. The predicted molar refractivity (Wildman–Crippen MR) is 72.8 cm³/mol. The minimum Gasteiger partial charge on any atom is -0.491 e. The molecule has 1 heterocycles. The lowest BCUT2D eigenvalue weighted by molar-refractivity contribution is 0.403. The number of benzene rings is 1. The van der Waals surface area contributed by atoms with E-state index >= 15 is 0 Å². The standard InChI is InChI=1S/C13H11Cl2NO2/c1-18-12-6-3-7-16(13(12)17)8-9-10(14)4-2-5-11(9)15/h2-7H,8H2,1H3. The molecule has 0 amide bonds. The molecular formula is C13H11Cl2NO2. The Labute approximate surface area is 115 Å². The van der Waals surface area contributed by atoms with Gasteiger partial charge in [0, 0.05) is 21.8 Å². The van der Waals surface area contributed by atoms with Crippen molar-refractivity contribution < 1.29 is 4.74 Å². The Balaban J connectivity index is 2.44. The predicted octanol–water partition coefficient (Wildman–Crippen LogP) is 3.21. The Kier molecular flexibility index (Phi) is 3.94. The highest BCUT2D eigenvalue weighted by atomic mass is 35.5. The van der Waals surface area contributed by atoms with Gasteiger partial charge in [0.05, 0.1) is 13.7 Å². The molecule has 0 aliphatic heterocycles. The highest BCUT2D eigenvalue weighted by Gasteiger charge is 2.09. The molecule has 0 aliphatic rings. The molecule has 2 rings (SSSR count). The molecular weight excluding hydrogens is 273 g/mol. The molecule has 0 N–H and O–H groups in total. The van der Waals surface area contributed by atoms with Gasteiger partial charge in [0.15, 0.2) is 5.75 Å². The lowest BCUT2D eigenvalue weighted by atomic mass is 10.2. The molecule has 0 aliphatic carbocycles. The number of pyridine rings is 1. The summed E-state index contributed by atoms with van der Waals surface area (Å²) in [5, 5.41) is 1.08. The molecule has 0 bridgehead atoms. The van der Waals surface area contributed by atoms with Crippen molar-refractivity contribution in [3.63, 3.8) is 0 Å². The molecule has 3 nitrogen and oxygen atoms in total. The summed E-state index contributed by atoms with van der Waals surface area (Å²) in [7, 11) is 1.46. The van der Waals surface area contributed by atoms with Crippen LogP contribution in [0, 0.1) is 0 Å². The van der Waals surface area contributed by atoms with Crippen LogP contribution < -0.4 is 10.3 Å². The monoisotopic (exact) mass is 283 g/mol. The summed E-state index contributed by atoms with van der Waals surface area (Å²) >= 11 is 12.1. The average Bonchev–Trinajstić information content (AvgIpc) is 2.36. The number of rotatable bonds is 3. The Morgan fingerprint density at radius 1 is 1.17 bits per heavy atom. The Morgan fingerprint density at radius 2 is 1.83 bits per heavy atom. The van der Waals surface area contributed by atoms with E-state index in [0.717, 1.165) is 5.56 Å². The van der Waals surface area contributed by atoms with Gasteiger partial charge in [-0.15, -0.1) is 0 Å². The van der Waals surface area contributed by atoms with Crippen LogP contribution in [0.3, 0.4) is 0 Å². The number of hydrogen-bond donors (Lipinski definition) is 0. The molecule has 0 spiro atoms. The van der Waals surface area contributed by atoms with Crippen LogP contribution in [0.5, 0.6) is 5.75 Å². The molecule has 0 fully saturated rings. The highest BCUT2D eigenvalue weighted by Crippen LogP contribution is 2.24. The summed E-state index contributed by atoms with van der Waals surface area (Å²) in [5.74, 6) is 0.292. The van der Waals surface area contributed by atoms with Crippen molar-refractivity contribution in [1.29, 1.82) is 0 Å². The zero-order valence-electron chi connectivity index (χ0n) is 9.69. The molecule has 5 heteroatoms. The summed E-state index contributed by atoms with van der Waals surface area (Å²) < 4.78 is 6.49. The van der Waals surface area contributed by atoms with Gasteiger partial charge in [-0.3, -0.25) is 4.79 Å². The maximum atomic E-state index is 12.0. The maximum absolute atomic E-state index is 12.0. The van der Waals surface area contributed by atoms with Gasteiger partial charge in [0.1, 0.15) is 0 Å². The van der Waals surface area contributed by atoms with Crippen LogP contribution in [0.25, 0.3) is 0 Å². The lowest BCUT2D eigenvalue weighted by Gasteiger charge is -2.10. The zero-order chi connectivity index (χ0) is 13.1. The van der Waals surface area contributed by atoms with Crippen LogP contribution in [0.15, 0.2) is 41.3 Å². The second kappa shape index (κ2) is 5.46. The molecule has 0 radical (unpaired) electrons. The fourth-order valence-electron chi connectivity index (χ4n) is 1.65. The quantitative estimate of drug-likeness (QED) is 0.866. The van der Waals surface area contributed by atoms with Gasteiger partial charge < -0.3 is 9.30 Å². The van der Waals surface area contributed by atoms with Gasteiger partial charge in [-0.2, -0.15) is 0 Å². The normalized spacial score (nSPS) is 10.4. The van der Waals surface area contributed by atoms with Gasteiger partial charge in [-0.1, -0.05) is 29.3 Å². The molecule has 0 saturated carbocycles. The first-order valence-electron chi connectivity index (χ1n) is 5.30.